The number of esters is 3. The van der Waals surface area contributed by atoms with Gasteiger partial charge < -0.3 is 14.2 Å². The first-order valence-electron chi connectivity index (χ1n) is 25.1. The molecule has 0 aliphatic rings. The lowest BCUT2D eigenvalue weighted by molar-refractivity contribution is -0.167. The lowest BCUT2D eigenvalue weighted by Crippen LogP contribution is -2.30. The summed E-state index contributed by atoms with van der Waals surface area (Å²) in [5, 5.41) is 0. The van der Waals surface area contributed by atoms with E-state index in [-0.39, 0.29) is 37.5 Å². The summed E-state index contributed by atoms with van der Waals surface area (Å²) in [7, 11) is 0. The maximum atomic E-state index is 12.8. The molecule has 0 amide bonds. The molecule has 1 unspecified atom stereocenters. The maximum absolute atomic E-state index is 12.8. The highest BCUT2D eigenvalue weighted by atomic mass is 16.6. The molecule has 0 N–H and O–H groups in total. The molecule has 0 saturated heterocycles. The van der Waals surface area contributed by atoms with Gasteiger partial charge in [-0.15, -0.1) is 0 Å². The van der Waals surface area contributed by atoms with Crippen LogP contribution in [0.5, 0.6) is 0 Å². The monoisotopic (exact) mass is 849 g/mol. The first kappa shape index (κ1) is 57.6. The average molecular weight is 849 g/mol. The van der Waals surface area contributed by atoms with E-state index in [0.717, 1.165) is 103 Å². The van der Waals surface area contributed by atoms with Gasteiger partial charge >= 0.3 is 17.9 Å². The summed E-state index contributed by atoms with van der Waals surface area (Å²) >= 11 is 0. The molecule has 0 spiro atoms. The van der Waals surface area contributed by atoms with E-state index in [1.807, 2.05) is 0 Å². The van der Waals surface area contributed by atoms with Crippen molar-refractivity contribution in [2.75, 3.05) is 13.2 Å². The minimum absolute atomic E-state index is 0.105. The topological polar surface area (TPSA) is 78.9 Å². The van der Waals surface area contributed by atoms with E-state index in [1.54, 1.807) is 0 Å². The summed E-state index contributed by atoms with van der Waals surface area (Å²) in [6.45, 7) is 6.41. The van der Waals surface area contributed by atoms with Crippen LogP contribution in [0.25, 0.3) is 0 Å². The highest BCUT2D eigenvalue weighted by molar-refractivity contribution is 5.71. The molecule has 6 heteroatoms. The summed E-state index contributed by atoms with van der Waals surface area (Å²) in [6.07, 6.45) is 62.8. The summed E-state index contributed by atoms with van der Waals surface area (Å²) in [4.78, 5) is 37.9. The van der Waals surface area contributed by atoms with Crippen molar-refractivity contribution < 1.29 is 28.6 Å². The van der Waals surface area contributed by atoms with E-state index in [4.69, 9.17) is 14.2 Å². The van der Waals surface area contributed by atoms with Gasteiger partial charge in [-0.05, 0) is 109 Å². The third kappa shape index (κ3) is 47.5. The van der Waals surface area contributed by atoms with Crippen molar-refractivity contribution in [2.45, 2.75) is 232 Å². The Balaban J connectivity index is 4.51. The Hall–Kier alpha value is -3.41. The normalized spacial score (nSPS) is 12.8. The predicted molar refractivity (Wildman–Crippen MR) is 261 cm³/mol. The Kier molecular flexibility index (Phi) is 46.5. The van der Waals surface area contributed by atoms with Crippen LogP contribution in [0.2, 0.25) is 0 Å². The summed E-state index contributed by atoms with van der Waals surface area (Å²) in [6, 6.07) is 0. The van der Waals surface area contributed by atoms with Gasteiger partial charge in [0, 0.05) is 19.3 Å². The van der Waals surface area contributed by atoms with Crippen LogP contribution in [-0.4, -0.2) is 37.2 Å². The zero-order valence-electron chi connectivity index (χ0n) is 39.7. The zero-order valence-corrected chi connectivity index (χ0v) is 39.7. The molecule has 61 heavy (non-hydrogen) atoms. The lowest BCUT2D eigenvalue weighted by Gasteiger charge is -2.18. The Morgan fingerprint density at radius 3 is 1.13 bits per heavy atom. The molecular formula is C55H92O6. The van der Waals surface area contributed by atoms with Crippen LogP contribution in [0.1, 0.15) is 226 Å². The highest BCUT2D eigenvalue weighted by Gasteiger charge is 2.19. The smallest absolute Gasteiger partial charge is 0.306 e. The Morgan fingerprint density at radius 2 is 0.656 bits per heavy atom. The number of unbranched alkanes of at least 4 members (excludes halogenated alkanes) is 19. The number of carbonyl (C=O) groups is 3. The van der Waals surface area contributed by atoms with Gasteiger partial charge in [-0.3, -0.25) is 14.4 Å². The Morgan fingerprint density at radius 1 is 0.344 bits per heavy atom. The summed E-state index contributed by atoms with van der Waals surface area (Å²) in [5.74, 6) is -0.994. The lowest BCUT2D eigenvalue weighted by atomic mass is 10.1. The van der Waals surface area contributed by atoms with Gasteiger partial charge in [-0.1, -0.05) is 183 Å². The molecule has 6 nitrogen and oxygen atoms in total. The van der Waals surface area contributed by atoms with Gasteiger partial charge in [0.15, 0.2) is 6.10 Å². The second-order valence-electron chi connectivity index (χ2n) is 16.3. The number of hydrogen-bond acceptors (Lipinski definition) is 6. The van der Waals surface area contributed by atoms with Crippen molar-refractivity contribution in [1.82, 2.24) is 0 Å². The number of rotatable bonds is 44. The molecule has 0 fully saturated rings. The van der Waals surface area contributed by atoms with Crippen molar-refractivity contribution in [3.05, 3.63) is 85.1 Å². The molecule has 348 valence electrons. The van der Waals surface area contributed by atoms with Crippen LogP contribution in [0.3, 0.4) is 0 Å². The van der Waals surface area contributed by atoms with E-state index in [0.29, 0.717) is 19.3 Å². The number of allylic oxidation sites excluding steroid dienone is 14. The van der Waals surface area contributed by atoms with Crippen LogP contribution in [-0.2, 0) is 28.6 Å². The fourth-order valence-corrected chi connectivity index (χ4v) is 6.58. The second-order valence-corrected chi connectivity index (χ2v) is 16.3. The minimum atomic E-state index is -0.809. The van der Waals surface area contributed by atoms with E-state index in [1.165, 1.54) is 77.0 Å². The molecule has 0 aliphatic carbocycles. The third-order valence-electron chi connectivity index (χ3n) is 10.4. The minimum Gasteiger partial charge on any atom is -0.462 e. The van der Waals surface area contributed by atoms with Crippen LogP contribution < -0.4 is 0 Å². The van der Waals surface area contributed by atoms with Crippen molar-refractivity contribution >= 4 is 17.9 Å². The number of carbonyl (C=O) groups excluding carboxylic acids is 3. The quantitative estimate of drug-likeness (QED) is 0.0263. The number of hydrogen-bond donors (Lipinski definition) is 0. The first-order chi connectivity index (χ1) is 30.0. The van der Waals surface area contributed by atoms with Gasteiger partial charge in [-0.25, -0.2) is 0 Å². The van der Waals surface area contributed by atoms with Crippen molar-refractivity contribution in [2.24, 2.45) is 0 Å². The van der Waals surface area contributed by atoms with E-state index < -0.39 is 6.10 Å². The van der Waals surface area contributed by atoms with Crippen LogP contribution in [0.4, 0.5) is 0 Å². The van der Waals surface area contributed by atoms with Crippen LogP contribution in [0, 0.1) is 0 Å². The predicted octanol–water partition coefficient (Wildman–Crippen LogP) is 16.4. The Bertz CT molecular complexity index is 1200. The molecule has 0 aliphatic heterocycles. The van der Waals surface area contributed by atoms with Gasteiger partial charge in [-0.2, -0.15) is 0 Å². The van der Waals surface area contributed by atoms with E-state index >= 15 is 0 Å². The molecule has 0 aromatic carbocycles. The zero-order chi connectivity index (χ0) is 44.4. The maximum Gasteiger partial charge on any atom is 0.306 e. The molecule has 0 radical (unpaired) electrons. The highest BCUT2D eigenvalue weighted by Crippen LogP contribution is 2.13. The first-order valence-corrected chi connectivity index (χ1v) is 25.1. The van der Waals surface area contributed by atoms with Crippen LogP contribution in [0.15, 0.2) is 85.1 Å². The number of ether oxygens (including phenoxy) is 3. The van der Waals surface area contributed by atoms with Crippen molar-refractivity contribution in [3.8, 4) is 0 Å². The molecule has 0 heterocycles. The van der Waals surface area contributed by atoms with E-state index in [2.05, 4.69) is 106 Å². The molecule has 0 saturated carbocycles. The fourth-order valence-electron chi connectivity index (χ4n) is 6.58. The van der Waals surface area contributed by atoms with Crippen molar-refractivity contribution in [3.63, 3.8) is 0 Å². The largest absolute Gasteiger partial charge is 0.462 e. The molecular weight excluding hydrogens is 757 g/mol. The second kappa shape index (κ2) is 49.2. The van der Waals surface area contributed by atoms with Crippen molar-refractivity contribution in [1.29, 1.82) is 0 Å². The molecule has 0 aromatic heterocycles. The van der Waals surface area contributed by atoms with Gasteiger partial charge in [0.1, 0.15) is 13.2 Å². The van der Waals surface area contributed by atoms with Gasteiger partial charge in [0.2, 0.25) is 0 Å². The van der Waals surface area contributed by atoms with E-state index in [9.17, 15) is 14.4 Å². The fraction of sp³-hybridized carbons (Fsp3) is 0.691. The summed E-state index contributed by atoms with van der Waals surface area (Å²) in [5.41, 5.74) is 0. The van der Waals surface area contributed by atoms with Gasteiger partial charge in [0.05, 0.1) is 0 Å². The summed E-state index contributed by atoms with van der Waals surface area (Å²) < 4.78 is 16.7. The third-order valence-corrected chi connectivity index (χ3v) is 10.4. The van der Waals surface area contributed by atoms with Crippen LogP contribution >= 0.6 is 0 Å². The standard InChI is InChI=1S/C55H92O6/c1-4-7-10-13-16-19-22-25-27-28-29-31-33-36-39-42-45-48-54(57)60-51-52(50-59-53(56)47-44-41-38-35-32-24-21-18-15-12-9-6-3)61-55(58)49-46-43-40-37-34-30-26-23-20-17-14-11-8-5-2/h7,10,16,18-19,21,25,27,29-31,34,36,39,52H,4-6,8-9,11-15,17,20,22-24,26,28,32-33,35,37-38,40-51H2,1-3H3/b10-7-,19-16-,21-18-,27-25-,31-29-,34-30-,39-36-. The van der Waals surface area contributed by atoms with Gasteiger partial charge in [0.25, 0.3) is 0 Å². The molecule has 0 aromatic rings. The average Bonchev–Trinajstić information content (AvgIpc) is 3.26. The molecule has 0 bridgehead atoms. The Labute approximate surface area is 375 Å². The SMILES string of the molecule is CC/C=C\C/C=C\C/C=C\C/C=C\C/C=C\CCCC(=O)OCC(COC(=O)CCCCCCC/C=C\CCCCC)OC(=O)CCCCC/C=C\CCCCCCCCC. The molecule has 1 atom stereocenters. The molecule has 0 rings (SSSR count).